The van der Waals surface area contributed by atoms with Gasteiger partial charge in [0.2, 0.25) is 0 Å². The van der Waals surface area contributed by atoms with Crippen LogP contribution < -0.4 is 5.32 Å². The first-order chi connectivity index (χ1) is 16.3. The van der Waals surface area contributed by atoms with E-state index in [0.29, 0.717) is 12.1 Å². The number of benzene rings is 1. The summed E-state index contributed by atoms with van der Waals surface area (Å²) in [4.78, 5) is 21.0. The van der Waals surface area contributed by atoms with Gasteiger partial charge in [-0.25, -0.2) is 4.98 Å². The first-order valence-electron chi connectivity index (χ1n) is 11.5. The third-order valence-electron chi connectivity index (χ3n) is 6.08. The van der Waals surface area contributed by atoms with Crippen molar-refractivity contribution < 1.29 is 9.21 Å². The van der Waals surface area contributed by atoms with E-state index in [2.05, 4.69) is 21.4 Å². The predicted octanol–water partition coefficient (Wildman–Crippen LogP) is 5.18. The quantitative estimate of drug-likeness (QED) is 0.367. The van der Waals surface area contributed by atoms with Crippen molar-refractivity contribution in [2.24, 2.45) is 0 Å². The molecule has 0 bridgehead atoms. The summed E-state index contributed by atoms with van der Waals surface area (Å²) >= 11 is 1.72. The maximum absolute atomic E-state index is 12.8. The molecule has 170 valence electrons. The number of nitrogens with zero attached hydrogens (tertiary/aromatic N) is 3. The summed E-state index contributed by atoms with van der Waals surface area (Å²) in [7, 11) is 0. The topological polar surface area (TPSA) is 62.8 Å². The maximum atomic E-state index is 12.8. The van der Waals surface area contributed by atoms with E-state index in [1.54, 1.807) is 18.0 Å². The Hall–Kier alpha value is -3.03. The molecule has 4 aromatic rings. The number of pyridine rings is 1. The van der Waals surface area contributed by atoms with Crippen molar-refractivity contribution in [2.45, 2.75) is 36.0 Å². The van der Waals surface area contributed by atoms with Crippen LogP contribution in [-0.2, 0) is 5.75 Å². The number of nitrogens with one attached hydrogen (secondary N) is 1. The lowest BCUT2D eigenvalue weighted by Gasteiger charge is -2.33. The van der Waals surface area contributed by atoms with E-state index in [4.69, 9.17) is 4.42 Å². The zero-order chi connectivity index (χ0) is 22.5. The molecule has 7 heteroatoms. The largest absolute Gasteiger partial charge is 0.468 e. The number of carbonyl (C=O) groups is 1. The Bertz CT molecular complexity index is 1150. The molecule has 0 spiro atoms. The van der Waals surface area contributed by atoms with E-state index in [-0.39, 0.29) is 11.9 Å². The number of thioether (sulfide) groups is 1. The minimum absolute atomic E-state index is 0.0551. The van der Waals surface area contributed by atoms with E-state index >= 15 is 0 Å². The van der Waals surface area contributed by atoms with E-state index in [1.807, 2.05) is 65.2 Å². The zero-order valence-electron chi connectivity index (χ0n) is 18.5. The van der Waals surface area contributed by atoms with Gasteiger partial charge in [-0.05, 0) is 74.5 Å². The number of piperidine rings is 1. The van der Waals surface area contributed by atoms with Crippen LogP contribution in [0.4, 0.5) is 0 Å². The molecular weight excluding hydrogens is 432 g/mol. The van der Waals surface area contributed by atoms with Crippen molar-refractivity contribution in [3.05, 3.63) is 90.3 Å². The van der Waals surface area contributed by atoms with Crippen molar-refractivity contribution in [1.29, 1.82) is 0 Å². The van der Waals surface area contributed by atoms with Gasteiger partial charge in [-0.1, -0.05) is 12.5 Å². The van der Waals surface area contributed by atoms with Gasteiger partial charge in [0.15, 0.2) is 0 Å². The lowest BCUT2D eigenvalue weighted by Crippen LogP contribution is -2.40. The van der Waals surface area contributed by atoms with Crippen LogP contribution >= 0.6 is 11.8 Å². The molecule has 3 aromatic heterocycles. The highest BCUT2D eigenvalue weighted by Gasteiger charge is 2.25. The standard InChI is InChI=1S/C26H28N4O2S/c31-26(27-17-23(24-7-6-16-32-24)29-13-3-1-4-14-29)20-9-11-22(12-10-20)33-19-21-18-30-15-5-2-8-25(30)28-21/h2,5-12,15-16,18,23H,1,3-4,13-14,17,19H2,(H,27,31). The highest BCUT2D eigenvalue weighted by molar-refractivity contribution is 7.98. The molecule has 0 aliphatic carbocycles. The van der Waals surface area contributed by atoms with Crippen molar-refractivity contribution in [3.63, 3.8) is 0 Å². The minimum atomic E-state index is -0.0551. The molecule has 1 saturated heterocycles. The van der Waals surface area contributed by atoms with Gasteiger partial charge < -0.3 is 14.1 Å². The van der Waals surface area contributed by atoms with Gasteiger partial charge >= 0.3 is 0 Å². The lowest BCUT2D eigenvalue weighted by molar-refractivity contribution is 0.0914. The van der Waals surface area contributed by atoms with Crippen molar-refractivity contribution in [2.75, 3.05) is 19.6 Å². The fourth-order valence-corrected chi connectivity index (χ4v) is 5.11. The van der Waals surface area contributed by atoms with Gasteiger partial charge in [-0.3, -0.25) is 9.69 Å². The van der Waals surface area contributed by atoms with Crippen molar-refractivity contribution in [1.82, 2.24) is 19.6 Å². The van der Waals surface area contributed by atoms with Gasteiger partial charge in [-0.15, -0.1) is 11.8 Å². The SMILES string of the molecule is O=C(NCC(c1ccco1)N1CCCCC1)c1ccc(SCc2cn3ccccc3n2)cc1. The Balaban J connectivity index is 1.17. The van der Waals surface area contributed by atoms with Gasteiger partial charge in [0.05, 0.1) is 18.0 Å². The molecule has 1 N–H and O–H groups in total. The Morgan fingerprint density at radius 3 is 2.67 bits per heavy atom. The number of aromatic nitrogens is 2. The van der Waals surface area contributed by atoms with E-state index < -0.39 is 0 Å². The van der Waals surface area contributed by atoms with Crippen molar-refractivity contribution >= 4 is 23.3 Å². The van der Waals surface area contributed by atoms with Crippen LogP contribution in [0.2, 0.25) is 0 Å². The molecule has 1 aromatic carbocycles. The van der Waals surface area contributed by atoms with Gasteiger partial charge in [0.1, 0.15) is 11.4 Å². The van der Waals surface area contributed by atoms with Crippen LogP contribution in [-0.4, -0.2) is 39.8 Å². The second-order valence-corrected chi connectivity index (χ2v) is 9.40. The highest BCUT2D eigenvalue weighted by atomic mass is 32.2. The molecule has 6 nitrogen and oxygen atoms in total. The summed E-state index contributed by atoms with van der Waals surface area (Å²) in [6, 6.07) is 17.8. The van der Waals surface area contributed by atoms with Gasteiger partial charge in [0.25, 0.3) is 5.91 Å². The number of hydrogen-bond donors (Lipinski definition) is 1. The Labute approximate surface area is 198 Å². The molecule has 5 rings (SSSR count). The summed E-state index contributed by atoms with van der Waals surface area (Å²) in [6.45, 7) is 2.62. The monoisotopic (exact) mass is 460 g/mol. The molecule has 0 saturated carbocycles. The molecule has 1 amide bonds. The number of carbonyl (C=O) groups excluding carboxylic acids is 1. The molecule has 33 heavy (non-hydrogen) atoms. The summed E-state index contributed by atoms with van der Waals surface area (Å²) in [6.07, 6.45) is 9.43. The zero-order valence-corrected chi connectivity index (χ0v) is 19.3. The molecule has 1 aliphatic heterocycles. The van der Waals surface area contributed by atoms with Crippen LogP contribution in [0.25, 0.3) is 5.65 Å². The summed E-state index contributed by atoms with van der Waals surface area (Å²) in [5.41, 5.74) is 2.66. The smallest absolute Gasteiger partial charge is 0.251 e. The molecule has 1 atom stereocenters. The summed E-state index contributed by atoms with van der Waals surface area (Å²) in [5, 5.41) is 3.12. The van der Waals surface area contributed by atoms with Crippen molar-refractivity contribution in [3.8, 4) is 0 Å². The molecule has 1 unspecified atom stereocenters. The second-order valence-electron chi connectivity index (χ2n) is 8.35. The number of fused-ring (bicyclic) bond motifs is 1. The first-order valence-corrected chi connectivity index (χ1v) is 12.5. The van der Waals surface area contributed by atoms with E-state index in [0.717, 1.165) is 40.8 Å². The molecule has 1 fully saturated rings. The third-order valence-corrected chi connectivity index (χ3v) is 7.12. The van der Waals surface area contributed by atoms with E-state index in [1.165, 1.54) is 19.3 Å². The lowest BCUT2D eigenvalue weighted by atomic mass is 10.1. The average Bonchev–Trinajstić information content (AvgIpc) is 3.54. The van der Waals surface area contributed by atoms with Crippen LogP contribution in [0.5, 0.6) is 0 Å². The predicted molar refractivity (Wildman–Crippen MR) is 130 cm³/mol. The number of furan rings is 1. The average molecular weight is 461 g/mol. The highest BCUT2D eigenvalue weighted by Crippen LogP contribution is 2.25. The van der Waals surface area contributed by atoms with Crippen LogP contribution in [0.1, 0.15) is 47.1 Å². The maximum Gasteiger partial charge on any atom is 0.251 e. The Kier molecular flexibility index (Phi) is 6.79. The normalized spacial score (nSPS) is 15.5. The Morgan fingerprint density at radius 2 is 1.91 bits per heavy atom. The molecule has 0 radical (unpaired) electrons. The number of hydrogen-bond acceptors (Lipinski definition) is 5. The van der Waals surface area contributed by atoms with E-state index in [9.17, 15) is 4.79 Å². The number of amides is 1. The fourth-order valence-electron chi connectivity index (χ4n) is 4.33. The van der Waals surface area contributed by atoms with Crippen LogP contribution in [0, 0.1) is 0 Å². The summed E-state index contributed by atoms with van der Waals surface area (Å²) in [5.74, 6) is 1.64. The van der Waals surface area contributed by atoms with Gasteiger partial charge in [-0.2, -0.15) is 0 Å². The molecular formula is C26H28N4O2S. The summed E-state index contributed by atoms with van der Waals surface area (Å²) < 4.78 is 7.71. The molecule has 4 heterocycles. The Morgan fingerprint density at radius 1 is 1.06 bits per heavy atom. The van der Waals surface area contributed by atoms with Crippen LogP contribution in [0.15, 0.2) is 82.6 Å². The second kappa shape index (κ2) is 10.3. The number of rotatable bonds is 8. The van der Waals surface area contributed by atoms with Gasteiger partial charge in [0, 0.05) is 35.2 Å². The third kappa shape index (κ3) is 5.31. The van der Waals surface area contributed by atoms with Crippen LogP contribution in [0.3, 0.4) is 0 Å². The first kappa shape index (κ1) is 21.8. The fraction of sp³-hybridized carbons (Fsp3) is 0.308. The number of imidazole rings is 1. The molecule has 1 aliphatic rings. The minimum Gasteiger partial charge on any atom is -0.468 e. The number of likely N-dealkylation sites (tertiary alicyclic amines) is 1.